The van der Waals surface area contributed by atoms with Crippen LogP contribution in [-0.4, -0.2) is 40.0 Å². The fourth-order valence-electron chi connectivity index (χ4n) is 3.01. The molecule has 1 amide bonds. The summed E-state index contributed by atoms with van der Waals surface area (Å²) in [6.07, 6.45) is 0.567. The highest BCUT2D eigenvalue weighted by atomic mass is 32.2. The molecule has 3 rings (SSSR count). The first-order valence-electron chi connectivity index (χ1n) is 9.26. The van der Waals surface area contributed by atoms with Gasteiger partial charge in [0.2, 0.25) is 5.91 Å². The molecule has 0 radical (unpaired) electrons. The van der Waals surface area contributed by atoms with Gasteiger partial charge in [-0.25, -0.2) is 4.98 Å². The summed E-state index contributed by atoms with van der Waals surface area (Å²) in [5.74, 6) is 0.383. The van der Waals surface area contributed by atoms with Gasteiger partial charge in [0.25, 0.3) is 5.56 Å². The molecule has 152 valence electrons. The Morgan fingerprint density at radius 3 is 2.69 bits per heavy atom. The zero-order valence-corrected chi connectivity index (χ0v) is 17.1. The van der Waals surface area contributed by atoms with Crippen molar-refractivity contribution in [2.24, 2.45) is 0 Å². The average Bonchev–Trinajstić information content (AvgIpc) is 2.75. The largest absolute Gasteiger partial charge is 0.495 e. The van der Waals surface area contributed by atoms with Crippen LogP contribution >= 0.6 is 11.8 Å². The molecule has 0 aliphatic heterocycles. The van der Waals surface area contributed by atoms with E-state index in [1.165, 1.54) is 11.7 Å². The van der Waals surface area contributed by atoms with Crippen molar-refractivity contribution < 1.29 is 14.6 Å². The average molecular weight is 413 g/mol. The number of fused-ring (bicyclic) bond motifs is 1. The van der Waals surface area contributed by atoms with Crippen molar-refractivity contribution >= 4 is 34.3 Å². The number of carbonyl (C=O) groups excluding carboxylic acids is 1. The van der Waals surface area contributed by atoms with E-state index < -0.39 is 6.04 Å². The summed E-state index contributed by atoms with van der Waals surface area (Å²) in [6.45, 7) is 1.71. The predicted octanol–water partition coefficient (Wildman–Crippen LogP) is 3.08. The van der Waals surface area contributed by atoms with Crippen LogP contribution in [0.15, 0.2) is 58.5 Å². The Morgan fingerprint density at radius 1 is 1.24 bits per heavy atom. The van der Waals surface area contributed by atoms with Gasteiger partial charge in [0.1, 0.15) is 5.75 Å². The van der Waals surface area contributed by atoms with Gasteiger partial charge < -0.3 is 15.2 Å². The van der Waals surface area contributed by atoms with Crippen molar-refractivity contribution in [3.05, 3.63) is 58.9 Å². The molecule has 3 aromatic rings. The Bertz CT molecular complexity index is 1060. The predicted molar refractivity (Wildman–Crippen MR) is 115 cm³/mol. The number of amides is 1. The fourth-order valence-corrected chi connectivity index (χ4v) is 3.87. The monoisotopic (exact) mass is 413 g/mol. The van der Waals surface area contributed by atoms with Crippen molar-refractivity contribution in [3.8, 4) is 5.75 Å². The molecule has 1 atom stereocenters. The Kier molecular flexibility index (Phi) is 6.90. The normalized spacial score (nSPS) is 12.0. The number of thioether (sulfide) groups is 1. The van der Waals surface area contributed by atoms with Crippen LogP contribution in [0, 0.1) is 0 Å². The van der Waals surface area contributed by atoms with Gasteiger partial charge in [-0.15, -0.1) is 0 Å². The van der Waals surface area contributed by atoms with Crippen molar-refractivity contribution in [1.29, 1.82) is 0 Å². The SMILES string of the molecule is CCC(CO)n1c(SCC(=O)Nc2ccccc2OC)nc2ccccc2c1=O. The van der Waals surface area contributed by atoms with Crippen molar-refractivity contribution in [2.75, 3.05) is 24.8 Å². The van der Waals surface area contributed by atoms with E-state index in [4.69, 9.17) is 4.74 Å². The third-order valence-corrected chi connectivity index (χ3v) is 5.49. The van der Waals surface area contributed by atoms with Crippen LogP contribution in [-0.2, 0) is 4.79 Å². The van der Waals surface area contributed by atoms with E-state index in [0.29, 0.717) is 33.9 Å². The number of ether oxygens (including phenoxy) is 1. The maximum absolute atomic E-state index is 13.0. The number of benzene rings is 2. The van der Waals surface area contributed by atoms with Gasteiger partial charge in [0.15, 0.2) is 5.16 Å². The van der Waals surface area contributed by atoms with E-state index in [2.05, 4.69) is 10.3 Å². The molecule has 1 heterocycles. The maximum Gasteiger partial charge on any atom is 0.262 e. The molecule has 0 bridgehead atoms. The number of carbonyl (C=O) groups is 1. The van der Waals surface area contributed by atoms with Crippen LogP contribution in [0.1, 0.15) is 19.4 Å². The minimum atomic E-state index is -0.403. The van der Waals surface area contributed by atoms with Crippen molar-refractivity contribution in [3.63, 3.8) is 0 Å². The molecule has 0 fully saturated rings. The number of anilines is 1. The van der Waals surface area contributed by atoms with Gasteiger partial charge in [-0.05, 0) is 30.7 Å². The Labute approximate surface area is 172 Å². The smallest absolute Gasteiger partial charge is 0.262 e. The first kappa shape index (κ1) is 20.9. The Morgan fingerprint density at radius 2 is 1.97 bits per heavy atom. The van der Waals surface area contributed by atoms with Crippen molar-refractivity contribution in [1.82, 2.24) is 9.55 Å². The third kappa shape index (κ3) is 4.60. The lowest BCUT2D eigenvalue weighted by molar-refractivity contribution is -0.113. The highest BCUT2D eigenvalue weighted by molar-refractivity contribution is 7.99. The molecule has 2 N–H and O–H groups in total. The summed E-state index contributed by atoms with van der Waals surface area (Å²) < 4.78 is 6.73. The van der Waals surface area contributed by atoms with Crippen LogP contribution in [0.5, 0.6) is 5.75 Å². The fraction of sp³-hybridized carbons (Fsp3) is 0.286. The number of aliphatic hydroxyl groups is 1. The second kappa shape index (κ2) is 9.58. The zero-order valence-electron chi connectivity index (χ0n) is 16.3. The lowest BCUT2D eigenvalue weighted by atomic mass is 10.2. The summed E-state index contributed by atoms with van der Waals surface area (Å²) in [5, 5.41) is 13.4. The highest BCUT2D eigenvalue weighted by Crippen LogP contribution is 2.25. The molecule has 2 aromatic carbocycles. The number of para-hydroxylation sites is 3. The summed E-state index contributed by atoms with van der Waals surface area (Å²) in [7, 11) is 1.54. The third-order valence-electron chi connectivity index (χ3n) is 4.54. The lowest BCUT2D eigenvalue weighted by Gasteiger charge is -2.20. The van der Waals surface area contributed by atoms with E-state index in [1.807, 2.05) is 19.1 Å². The van der Waals surface area contributed by atoms with Gasteiger partial charge in [-0.3, -0.25) is 14.2 Å². The van der Waals surface area contributed by atoms with Crippen LogP contribution < -0.4 is 15.6 Å². The first-order chi connectivity index (χ1) is 14.1. The van der Waals surface area contributed by atoms with E-state index >= 15 is 0 Å². The number of rotatable bonds is 8. The molecular weight excluding hydrogens is 390 g/mol. The molecule has 1 aromatic heterocycles. The quantitative estimate of drug-likeness (QED) is 0.435. The highest BCUT2D eigenvalue weighted by Gasteiger charge is 2.19. The van der Waals surface area contributed by atoms with E-state index in [9.17, 15) is 14.7 Å². The van der Waals surface area contributed by atoms with E-state index in [0.717, 1.165) is 11.8 Å². The van der Waals surface area contributed by atoms with E-state index in [-0.39, 0.29) is 23.8 Å². The number of aromatic nitrogens is 2. The second-order valence-electron chi connectivity index (χ2n) is 6.37. The molecule has 29 heavy (non-hydrogen) atoms. The van der Waals surface area contributed by atoms with Crippen LogP contribution in [0.3, 0.4) is 0 Å². The van der Waals surface area contributed by atoms with Crippen molar-refractivity contribution in [2.45, 2.75) is 24.5 Å². The summed E-state index contributed by atoms with van der Waals surface area (Å²) in [5.41, 5.74) is 0.921. The molecular formula is C21H23N3O4S. The summed E-state index contributed by atoms with van der Waals surface area (Å²) >= 11 is 1.16. The Balaban J connectivity index is 1.88. The van der Waals surface area contributed by atoms with Crippen LogP contribution in [0.2, 0.25) is 0 Å². The second-order valence-corrected chi connectivity index (χ2v) is 7.31. The zero-order chi connectivity index (χ0) is 20.8. The lowest BCUT2D eigenvalue weighted by Crippen LogP contribution is -2.29. The van der Waals surface area contributed by atoms with Crippen LogP contribution in [0.25, 0.3) is 10.9 Å². The summed E-state index contributed by atoms with van der Waals surface area (Å²) in [4.78, 5) is 30.1. The van der Waals surface area contributed by atoms with Gasteiger partial charge in [-0.1, -0.05) is 43.0 Å². The number of hydrogen-bond acceptors (Lipinski definition) is 6. The number of hydrogen-bond donors (Lipinski definition) is 2. The first-order valence-corrected chi connectivity index (χ1v) is 10.2. The number of nitrogens with one attached hydrogen (secondary N) is 1. The van der Waals surface area contributed by atoms with Gasteiger partial charge in [0.05, 0.1) is 42.1 Å². The standard InChI is InChI=1S/C21H23N3O4S/c1-3-14(12-25)24-20(27)15-8-4-5-9-16(15)23-21(24)29-13-19(26)22-17-10-6-7-11-18(17)28-2/h4-11,14,25H,3,12-13H2,1-2H3,(H,22,26). The number of methoxy groups -OCH3 is 1. The van der Waals surface area contributed by atoms with Gasteiger partial charge >= 0.3 is 0 Å². The molecule has 0 aliphatic carbocycles. The molecule has 1 unspecified atom stereocenters. The maximum atomic E-state index is 13.0. The molecule has 0 saturated carbocycles. The van der Waals surface area contributed by atoms with Gasteiger partial charge in [-0.2, -0.15) is 0 Å². The van der Waals surface area contributed by atoms with Gasteiger partial charge in [0, 0.05) is 0 Å². The molecule has 7 nitrogen and oxygen atoms in total. The van der Waals surface area contributed by atoms with Crippen LogP contribution in [0.4, 0.5) is 5.69 Å². The topological polar surface area (TPSA) is 93.5 Å². The minimum absolute atomic E-state index is 0.0602. The number of aliphatic hydroxyl groups excluding tert-OH is 1. The molecule has 0 aliphatic rings. The summed E-state index contributed by atoms with van der Waals surface area (Å²) in [6, 6.07) is 13.8. The minimum Gasteiger partial charge on any atom is -0.495 e. The van der Waals surface area contributed by atoms with E-state index in [1.54, 1.807) is 36.4 Å². The Hall–Kier alpha value is -2.84. The number of nitrogens with zero attached hydrogens (tertiary/aromatic N) is 2. The molecule has 0 saturated heterocycles. The molecule has 0 spiro atoms. The molecule has 8 heteroatoms.